The fourth-order valence-electron chi connectivity index (χ4n) is 3.16. The Morgan fingerprint density at radius 1 is 1.29 bits per heavy atom. The van der Waals surface area contributed by atoms with Crippen LogP contribution in [-0.4, -0.2) is 64.0 Å². The lowest BCUT2D eigenvalue weighted by Crippen LogP contribution is -2.48. The number of aromatic hydroxyl groups is 2. The number of halogens is 1. The Bertz CT molecular complexity index is 662. The van der Waals surface area contributed by atoms with Gasteiger partial charge in [-0.1, -0.05) is 0 Å². The van der Waals surface area contributed by atoms with Crippen LogP contribution in [0.4, 0.5) is 4.39 Å². The Balaban J connectivity index is 1.71. The van der Waals surface area contributed by atoms with Crippen LogP contribution in [0.2, 0.25) is 0 Å². The standard InChI is InChI=1S/C20H31FN2O5/c1-20(2,10-17(26)23-8-4-3-5-9-23)22-11-15(24)13-28-12-14-6-7-16(25)19(27)18(14)21/h6-7,15,22,24-25,27H,3-5,8-13H2,1-2H3. The van der Waals surface area contributed by atoms with Gasteiger partial charge in [-0.05, 0) is 45.2 Å². The number of nitrogens with zero attached hydrogens (tertiary/aromatic N) is 1. The number of aliphatic hydroxyl groups excluding tert-OH is 1. The summed E-state index contributed by atoms with van der Waals surface area (Å²) in [6.45, 7) is 5.50. The number of likely N-dealkylation sites (tertiary alicyclic amines) is 1. The van der Waals surface area contributed by atoms with Crippen LogP contribution in [-0.2, 0) is 16.1 Å². The van der Waals surface area contributed by atoms with E-state index < -0.39 is 29.0 Å². The Hall–Kier alpha value is -1.90. The molecule has 4 N–H and O–H groups in total. The van der Waals surface area contributed by atoms with Gasteiger partial charge in [-0.3, -0.25) is 4.79 Å². The molecule has 1 aromatic rings. The fourth-order valence-corrected chi connectivity index (χ4v) is 3.16. The van der Waals surface area contributed by atoms with E-state index in [4.69, 9.17) is 4.74 Å². The number of hydrogen-bond donors (Lipinski definition) is 4. The summed E-state index contributed by atoms with van der Waals surface area (Å²) in [5.41, 5.74) is -0.382. The predicted octanol–water partition coefficient (Wildman–Crippen LogP) is 1.89. The number of ether oxygens (including phenoxy) is 1. The number of phenolic OH excluding ortho intramolecular Hbond substituents is 2. The third kappa shape index (κ3) is 6.61. The number of carbonyl (C=O) groups is 1. The van der Waals surface area contributed by atoms with E-state index in [0.717, 1.165) is 25.9 Å². The minimum Gasteiger partial charge on any atom is -0.504 e. The Labute approximate surface area is 165 Å². The molecular formula is C20H31FN2O5. The number of piperidine rings is 1. The lowest BCUT2D eigenvalue weighted by molar-refractivity contribution is -0.133. The molecule has 1 atom stereocenters. The highest BCUT2D eigenvalue weighted by Crippen LogP contribution is 2.29. The SMILES string of the molecule is CC(C)(CC(=O)N1CCCCC1)NCC(O)COCc1ccc(O)c(O)c1F. The lowest BCUT2D eigenvalue weighted by Gasteiger charge is -2.32. The summed E-state index contributed by atoms with van der Waals surface area (Å²) in [5, 5.41) is 31.8. The molecule has 1 aliphatic rings. The minimum atomic E-state index is -0.940. The maximum Gasteiger partial charge on any atom is 0.224 e. The van der Waals surface area contributed by atoms with Crippen molar-refractivity contribution in [3.8, 4) is 11.5 Å². The summed E-state index contributed by atoms with van der Waals surface area (Å²) in [6, 6.07) is 2.49. The van der Waals surface area contributed by atoms with Crippen molar-refractivity contribution in [1.82, 2.24) is 10.2 Å². The Morgan fingerprint density at radius 2 is 1.96 bits per heavy atom. The van der Waals surface area contributed by atoms with Crippen LogP contribution in [0.1, 0.15) is 45.1 Å². The number of carbonyl (C=O) groups excluding carboxylic acids is 1. The molecule has 8 heteroatoms. The predicted molar refractivity (Wildman–Crippen MR) is 103 cm³/mol. The number of aliphatic hydroxyl groups is 1. The molecule has 0 spiro atoms. The van der Waals surface area contributed by atoms with Crippen molar-refractivity contribution in [3.05, 3.63) is 23.5 Å². The van der Waals surface area contributed by atoms with Gasteiger partial charge in [0.2, 0.25) is 5.91 Å². The van der Waals surface area contributed by atoms with E-state index in [-0.39, 0.29) is 31.2 Å². The first-order valence-electron chi connectivity index (χ1n) is 9.67. The molecule has 28 heavy (non-hydrogen) atoms. The van der Waals surface area contributed by atoms with Gasteiger partial charge in [0.25, 0.3) is 0 Å². The first-order valence-corrected chi connectivity index (χ1v) is 9.67. The first-order chi connectivity index (χ1) is 13.2. The highest BCUT2D eigenvalue weighted by molar-refractivity contribution is 5.77. The second kappa shape index (κ2) is 10.0. The van der Waals surface area contributed by atoms with Crippen LogP contribution in [0.5, 0.6) is 11.5 Å². The van der Waals surface area contributed by atoms with Crippen LogP contribution in [0.25, 0.3) is 0 Å². The number of rotatable bonds is 9. The molecule has 1 amide bonds. The van der Waals surface area contributed by atoms with Crippen molar-refractivity contribution >= 4 is 5.91 Å². The van der Waals surface area contributed by atoms with Crippen LogP contribution in [0.3, 0.4) is 0 Å². The van der Waals surface area contributed by atoms with E-state index in [0.29, 0.717) is 6.42 Å². The van der Waals surface area contributed by atoms with Gasteiger partial charge < -0.3 is 30.3 Å². The number of benzene rings is 1. The maximum absolute atomic E-state index is 13.8. The quantitative estimate of drug-likeness (QED) is 0.474. The smallest absolute Gasteiger partial charge is 0.224 e. The number of amides is 1. The summed E-state index contributed by atoms with van der Waals surface area (Å²) in [7, 11) is 0. The van der Waals surface area contributed by atoms with E-state index in [1.807, 2.05) is 18.7 Å². The topological polar surface area (TPSA) is 102 Å². The third-order valence-electron chi connectivity index (χ3n) is 4.86. The summed E-state index contributed by atoms with van der Waals surface area (Å²) in [5.74, 6) is -2.18. The maximum atomic E-state index is 13.8. The second-order valence-electron chi connectivity index (χ2n) is 7.96. The van der Waals surface area contributed by atoms with E-state index in [1.54, 1.807) is 0 Å². The van der Waals surface area contributed by atoms with Gasteiger partial charge in [0, 0.05) is 37.2 Å². The molecule has 0 radical (unpaired) electrons. The highest BCUT2D eigenvalue weighted by Gasteiger charge is 2.26. The molecule has 0 aliphatic carbocycles. The molecule has 1 saturated heterocycles. The van der Waals surface area contributed by atoms with Gasteiger partial charge in [0.15, 0.2) is 17.3 Å². The number of hydrogen-bond acceptors (Lipinski definition) is 6. The first kappa shape index (κ1) is 22.4. The molecule has 158 valence electrons. The van der Waals surface area contributed by atoms with Crippen molar-refractivity contribution in [2.75, 3.05) is 26.2 Å². The summed E-state index contributed by atoms with van der Waals surface area (Å²) in [6.07, 6.45) is 2.78. The normalized spacial score (nSPS) is 16.2. The Kier molecular flexibility index (Phi) is 8.03. The van der Waals surface area contributed by atoms with Crippen molar-refractivity contribution < 1.29 is 29.2 Å². The molecule has 1 heterocycles. The average Bonchev–Trinajstić information content (AvgIpc) is 2.67. The van der Waals surface area contributed by atoms with E-state index in [2.05, 4.69) is 5.32 Å². The van der Waals surface area contributed by atoms with Crippen LogP contribution < -0.4 is 5.32 Å². The van der Waals surface area contributed by atoms with E-state index in [9.17, 15) is 24.5 Å². The van der Waals surface area contributed by atoms with Gasteiger partial charge in [0.05, 0.1) is 19.3 Å². The molecule has 7 nitrogen and oxygen atoms in total. The van der Waals surface area contributed by atoms with Gasteiger partial charge in [-0.25, -0.2) is 4.39 Å². The third-order valence-corrected chi connectivity index (χ3v) is 4.86. The monoisotopic (exact) mass is 398 g/mol. The van der Waals surface area contributed by atoms with E-state index >= 15 is 0 Å². The molecule has 0 bridgehead atoms. The zero-order chi connectivity index (χ0) is 20.7. The van der Waals surface area contributed by atoms with Gasteiger partial charge >= 0.3 is 0 Å². The molecule has 1 fully saturated rings. The number of nitrogens with one attached hydrogen (secondary N) is 1. The summed E-state index contributed by atoms with van der Waals surface area (Å²) < 4.78 is 19.1. The molecule has 0 aromatic heterocycles. The van der Waals surface area contributed by atoms with Crippen molar-refractivity contribution in [1.29, 1.82) is 0 Å². The van der Waals surface area contributed by atoms with Crippen LogP contribution in [0, 0.1) is 5.82 Å². The molecule has 1 aliphatic heterocycles. The second-order valence-corrected chi connectivity index (χ2v) is 7.96. The molecule has 1 unspecified atom stereocenters. The van der Waals surface area contributed by atoms with E-state index in [1.165, 1.54) is 18.6 Å². The zero-order valence-corrected chi connectivity index (χ0v) is 16.6. The zero-order valence-electron chi connectivity index (χ0n) is 16.6. The summed E-state index contributed by atoms with van der Waals surface area (Å²) in [4.78, 5) is 14.3. The van der Waals surface area contributed by atoms with Gasteiger partial charge in [0.1, 0.15) is 0 Å². The van der Waals surface area contributed by atoms with Gasteiger partial charge in [-0.2, -0.15) is 0 Å². The van der Waals surface area contributed by atoms with Crippen LogP contribution in [0.15, 0.2) is 12.1 Å². The van der Waals surface area contributed by atoms with Crippen LogP contribution >= 0.6 is 0 Å². The average molecular weight is 398 g/mol. The molecule has 2 rings (SSSR count). The molecular weight excluding hydrogens is 367 g/mol. The Morgan fingerprint density at radius 3 is 2.64 bits per heavy atom. The highest BCUT2D eigenvalue weighted by atomic mass is 19.1. The molecule has 0 saturated carbocycles. The number of β-amino-alcohol motifs (C(OH)–C–C–N with tert-alkyl or cyclic N) is 1. The lowest BCUT2D eigenvalue weighted by atomic mass is 9.98. The number of phenols is 2. The van der Waals surface area contributed by atoms with Crippen molar-refractivity contribution in [3.63, 3.8) is 0 Å². The molecule has 1 aromatic carbocycles. The fraction of sp³-hybridized carbons (Fsp3) is 0.650. The summed E-state index contributed by atoms with van der Waals surface area (Å²) >= 11 is 0. The minimum absolute atomic E-state index is 0.0375. The van der Waals surface area contributed by atoms with Crippen molar-refractivity contribution in [2.24, 2.45) is 0 Å². The van der Waals surface area contributed by atoms with Gasteiger partial charge in [-0.15, -0.1) is 0 Å². The van der Waals surface area contributed by atoms with Crippen molar-refractivity contribution in [2.45, 2.75) is 57.8 Å². The largest absolute Gasteiger partial charge is 0.504 e.